The van der Waals surface area contributed by atoms with Crippen LogP contribution in [0.25, 0.3) is 20.4 Å². The summed E-state index contributed by atoms with van der Waals surface area (Å²) in [5, 5.41) is 1.81. The second-order valence-corrected chi connectivity index (χ2v) is 9.52. The number of ether oxygens (including phenoxy) is 2. The van der Waals surface area contributed by atoms with E-state index in [4.69, 9.17) is 13.9 Å². The number of hydrogen-bond donors (Lipinski definition) is 0. The Kier molecular flexibility index (Phi) is 5.65. The van der Waals surface area contributed by atoms with E-state index in [2.05, 4.69) is 9.97 Å². The molecule has 5 rings (SSSR count). The fourth-order valence-corrected chi connectivity index (χ4v) is 5.53. The molecule has 0 atom stereocenters. The van der Waals surface area contributed by atoms with Crippen molar-refractivity contribution in [3.63, 3.8) is 0 Å². The number of nitrogens with zero attached hydrogens (tertiary/aromatic N) is 2. The molecule has 0 bridgehead atoms. The van der Waals surface area contributed by atoms with Crippen LogP contribution >= 0.6 is 22.7 Å². The first-order chi connectivity index (χ1) is 16.0. The molecule has 0 amide bonds. The van der Waals surface area contributed by atoms with Gasteiger partial charge in [-0.2, -0.15) is 0 Å². The summed E-state index contributed by atoms with van der Waals surface area (Å²) in [5.41, 5.74) is 2.70. The van der Waals surface area contributed by atoms with Crippen LogP contribution in [0.15, 0.2) is 52.9 Å². The van der Waals surface area contributed by atoms with Crippen molar-refractivity contribution in [1.82, 2.24) is 9.97 Å². The summed E-state index contributed by atoms with van der Waals surface area (Å²) >= 11 is 3.06. The first-order valence-corrected chi connectivity index (χ1v) is 11.7. The molecule has 5 aromatic rings. The smallest absolute Gasteiger partial charge is 0.337 e. The molecule has 0 unspecified atom stereocenters. The van der Waals surface area contributed by atoms with Crippen molar-refractivity contribution >= 4 is 55.0 Å². The summed E-state index contributed by atoms with van der Waals surface area (Å²) in [6.07, 6.45) is 1.13. The second-order valence-electron chi connectivity index (χ2n) is 7.28. The first kappa shape index (κ1) is 21.3. The van der Waals surface area contributed by atoms with E-state index < -0.39 is 0 Å². The van der Waals surface area contributed by atoms with Gasteiger partial charge in [0.05, 0.1) is 58.6 Å². The van der Waals surface area contributed by atoms with E-state index in [1.165, 1.54) is 36.9 Å². The first-order valence-electron chi connectivity index (χ1n) is 10.1. The second kappa shape index (κ2) is 8.76. The van der Waals surface area contributed by atoms with Gasteiger partial charge in [-0.25, -0.2) is 19.6 Å². The van der Waals surface area contributed by atoms with Gasteiger partial charge in [-0.1, -0.05) is 0 Å². The number of furan rings is 1. The Morgan fingerprint density at radius 2 is 1.21 bits per heavy atom. The molecule has 33 heavy (non-hydrogen) atoms. The molecule has 7 nitrogen and oxygen atoms in total. The van der Waals surface area contributed by atoms with Gasteiger partial charge in [-0.15, -0.1) is 22.7 Å². The van der Waals surface area contributed by atoms with Gasteiger partial charge in [0.15, 0.2) is 0 Å². The number of benzene rings is 2. The largest absolute Gasteiger partial charge is 0.465 e. The maximum atomic E-state index is 11.7. The quantitative estimate of drug-likeness (QED) is 0.308. The standard InChI is InChI=1S/C24H18N2O5S2/c1-29-23(27)13-3-7-17-19(9-13)32-21(25-17)11-15-5-6-16(31-15)12-22-26-18-8-4-14(24(28)30-2)10-20(18)33-22/h3-10H,11-12H2,1-2H3. The number of hydrogen-bond acceptors (Lipinski definition) is 9. The molecule has 3 heterocycles. The van der Waals surface area contributed by atoms with Crippen molar-refractivity contribution in [3.05, 3.63) is 81.2 Å². The van der Waals surface area contributed by atoms with Gasteiger partial charge in [0.1, 0.15) is 21.5 Å². The van der Waals surface area contributed by atoms with Crippen LogP contribution in [0.3, 0.4) is 0 Å². The Morgan fingerprint density at radius 1 is 0.758 bits per heavy atom. The third-order valence-electron chi connectivity index (χ3n) is 5.08. The number of fused-ring (bicyclic) bond motifs is 2. The Morgan fingerprint density at radius 3 is 1.64 bits per heavy atom. The van der Waals surface area contributed by atoms with Crippen molar-refractivity contribution in [1.29, 1.82) is 0 Å². The van der Waals surface area contributed by atoms with Crippen molar-refractivity contribution < 1.29 is 23.5 Å². The van der Waals surface area contributed by atoms with Crippen LogP contribution in [0, 0.1) is 0 Å². The molecule has 166 valence electrons. The van der Waals surface area contributed by atoms with Crippen molar-refractivity contribution in [2.24, 2.45) is 0 Å². The minimum Gasteiger partial charge on any atom is -0.465 e. The molecule has 0 aliphatic heterocycles. The lowest BCUT2D eigenvalue weighted by Gasteiger charge is -1.97. The number of carbonyl (C=O) groups is 2. The summed E-state index contributed by atoms with van der Waals surface area (Å²) in [4.78, 5) is 32.8. The molecule has 2 aromatic carbocycles. The van der Waals surface area contributed by atoms with Gasteiger partial charge in [0, 0.05) is 0 Å². The predicted octanol–water partition coefficient (Wildman–Crippen LogP) is 5.25. The molecule has 0 saturated carbocycles. The third-order valence-corrected chi connectivity index (χ3v) is 7.11. The number of thiazole rings is 2. The van der Waals surface area contributed by atoms with E-state index in [0.29, 0.717) is 24.0 Å². The summed E-state index contributed by atoms with van der Waals surface area (Å²) in [7, 11) is 2.74. The molecular formula is C24H18N2O5S2. The summed E-state index contributed by atoms with van der Waals surface area (Å²) < 4.78 is 17.5. The van der Waals surface area contributed by atoms with Crippen LogP contribution in [0.1, 0.15) is 42.3 Å². The molecule has 3 aromatic heterocycles. The lowest BCUT2D eigenvalue weighted by atomic mass is 10.2. The van der Waals surface area contributed by atoms with E-state index in [1.54, 1.807) is 24.3 Å². The van der Waals surface area contributed by atoms with Crippen LogP contribution in [0.5, 0.6) is 0 Å². The maximum absolute atomic E-state index is 11.7. The highest BCUT2D eigenvalue weighted by Crippen LogP contribution is 2.28. The number of carbonyl (C=O) groups excluding carboxylic acids is 2. The molecule has 0 fully saturated rings. The van der Waals surface area contributed by atoms with Crippen molar-refractivity contribution in [2.45, 2.75) is 12.8 Å². The molecule has 0 radical (unpaired) electrons. The monoisotopic (exact) mass is 478 g/mol. The molecule has 0 saturated heterocycles. The van der Waals surface area contributed by atoms with Crippen LogP contribution in [0.2, 0.25) is 0 Å². The Bertz CT molecular complexity index is 1390. The van der Waals surface area contributed by atoms with E-state index in [0.717, 1.165) is 42.0 Å². The van der Waals surface area contributed by atoms with E-state index >= 15 is 0 Å². The Hall–Kier alpha value is -3.56. The van der Waals surface area contributed by atoms with E-state index in [-0.39, 0.29) is 11.9 Å². The molecule has 9 heteroatoms. The summed E-state index contributed by atoms with van der Waals surface area (Å²) in [6.45, 7) is 0. The van der Waals surface area contributed by atoms with Gasteiger partial charge in [0.25, 0.3) is 0 Å². The summed E-state index contributed by atoms with van der Waals surface area (Å²) in [5.74, 6) is 0.899. The lowest BCUT2D eigenvalue weighted by molar-refractivity contribution is 0.0592. The molecule has 0 spiro atoms. The van der Waals surface area contributed by atoms with Gasteiger partial charge in [-0.05, 0) is 48.5 Å². The summed E-state index contributed by atoms with van der Waals surface area (Å²) in [6, 6.07) is 14.6. The highest BCUT2D eigenvalue weighted by molar-refractivity contribution is 7.18. The third kappa shape index (κ3) is 4.37. The van der Waals surface area contributed by atoms with Crippen LogP contribution < -0.4 is 0 Å². The minimum absolute atomic E-state index is 0.362. The minimum atomic E-state index is -0.362. The fraction of sp³-hybridized carbons (Fsp3) is 0.167. The van der Waals surface area contributed by atoms with Gasteiger partial charge in [0.2, 0.25) is 0 Å². The van der Waals surface area contributed by atoms with Crippen molar-refractivity contribution in [3.8, 4) is 0 Å². The number of methoxy groups -OCH3 is 2. The fourth-order valence-electron chi connectivity index (χ4n) is 3.50. The SMILES string of the molecule is COC(=O)c1ccc2nc(Cc3ccc(Cc4nc5ccc(C(=O)OC)cc5s4)o3)sc2c1. The van der Waals surface area contributed by atoms with Crippen LogP contribution in [-0.2, 0) is 22.3 Å². The molecule has 0 aliphatic carbocycles. The topological polar surface area (TPSA) is 91.5 Å². The predicted molar refractivity (Wildman–Crippen MR) is 126 cm³/mol. The molecule has 0 N–H and O–H groups in total. The van der Waals surface area contributed by atoms with Gasteiger partial charge < -0.3 is 13.9 Å². The zero-order valence-corrected chi connectivity index (χ0v) is 19.4. The number of esters is 2. The molecule has 0 aliphatic rings. The molecular weight excluding hydrogens is 460 g/mol. The van der Waals surface area contributed by atoms with Gasteiger partial charge >= 0.3 is 11.9 Å². The van der Waals surface area contributed by atoms with E-state index in [9.17, 15) is 9.59 Å². The van der Waals surface area contributed by atoms with Crippen LogP contribution in [-0.4, -0.2) is 36.1 Å². The van der Waals surface area contributed by atoms with Crippen molar-refractivity contribution in [2.75, 3.05) is 14.2 Å². The Balaban J connectivity index is 1.31. The zero-order valence-electron chi connectivity index (χ0n) is 17.8. The van der Waals surface area contributed by atoms with Crippen LogP contribution in [0.4, 0.5) is 0 Å². The maximum Gasteiger partial charge on any atom is 0.337 e. The van der Waals surface area contributed by atoms with E-state index in [1.807, 2.05) is 24.3 Å². The highest BCUT2D eigenvalue weighted by Gasteiger charge is 2.14. The average Bonchev–Trinajstić information content (AvgIpc) is 3.54. The van der Waals surface area contributed by atoms with Gasteiger partial charge in [-0.3, -0.25) is 0 Å². The highest BCUT2D eigenvalue weighted by atomic mass is 32.1. The normalized spacial score (nSPS) is 11.2. The zero-order chi connectivity index (χ0) is 22.9. The number of rotatable bonds is 6. The lowest BCUT2D eigenvalue weighted by Crippen LogP contribution is -1.99. The number of aromatic nitrogens is 2. The Labute approximate surface area is 196 Å². The average molecular weight is 479 g/mol.